The Morgan fingerprint density at radius 1 is 1.13 bits per heavy atom. The maximum atomic E-state index is 12.8. The van der Waals surface area contributed by atoms with Gasteiger partial charge in [-0.25, -0.2) is 14.4 Å². The maximum Gasteiger partial charge on any atom is 0.222 e. The van der Waals surface area contributed by atoms with Gasteiger partial charge in [0, 0.05) is 18.9 Å². The lowest BCUT2D eigenvalue weighted by molar-refractivity contribution is 0.626. The van der Waals surface area contributed by atoms with E-state index in [-0.39, 0.29) is 5.82 Å². The lowest BCUT2D eigenvalue weighted by atomic mass is 10.2. The smallest absolute Gasteiger partial charge is 0.222 e. The molecule has 4 heteroatoms. The van der Waals surface area contributed by atoms with Gasteiger partial charge in [-0.15, -0.1) is 0 Å². The number of aromatic nitrogens is 2. The molecule has 1 heterocycles. The van der Waals surface area contributed by atoms with E-state index in [2.05, 4.69) is 15.3 Å². The summed E-state index contributed by atoms with van der Waals surface area (Å²) < 4.78 is 12.8. The van der Waals surface area contributed by atoms with Gasteiger partial charge >= 0.3 is 0 Å². The number of rotatable bonds is 3. The fourth-order valence-electron chi connectivity index (χ4n) is 1.22. The molecule has 0 fully saturated rings. The lowest BCUT2D eigenvalue weighted by Crippen LogP contribution is -2.02. The summed E-state index contributed by atoms with van der Waals surface area (Å²) in [7, 11) is 0. The summed E-state index contributed by atoms with van der Waals surface area (Å²) in [6, 6.07) is 8.17. The number of benzene rings is 1. The van der Waals surface area contributed by atoms with Crippen LogP contribution < -0.4 is 5.32 Å². The van der Waals surface area contributed by atoms with Crippen LogP contribution in [0.5, 0.6) is 0 Å². The van der Waals surface area contributed by atoms with Gasteiger partial charge in [0.1, 0.15) is 5.82 Å². The summed E-state index contributed by atoms with van der Waals surface area (Å²) in [6.07, 6.45) is 3.31. The van der Waals surface area contributed by atoms with Crippen LogP contribution in [-0.4, -0.2) is 9.97 Å². The highest BCUT2D eigenvalue weighted by atomic mass is 19.1. The van der Waals surface area contributed by atoms with E-state index in [4.69, 9.17) is 0 Å². The largest absolute Gasteiger partial charge is 0.350 e. The number of nitrogens with one attached hydrogen (secondary N) is 1. The van der Waals surface area contributed by atoms with Crippen LogP contribution in [0.25, 0.3) is 0 Å². The second kappa shape index (κ2) is 4.50. The van der Waals surface area contributed by atoms with E-state index in [0.29, 0.717) is 12.5 Å². The van der Waals surface area contributed by atoms with Crippen molar-refractivity contribution in [3.63, 3.8) is 0 Å². The Kier molecular flexibility index (Phi) is 2.88. The van der Waals surface area contributed by atoms with Gasteiger partial charge in [-0.2, -0.15) is 0 Å². The highest BCUT2D eigenvalue weighted by molar-refractivity contribution is 5.26. The third kappa shape index (κ3) is 2.74. The predicted molar refractivity (Wildman–Crippen MR) is 55.8 cm³/mol. The first-order chi connectivity index (χ1) is 7.34. The normalized spacial score (nSPS) is 9.93. The molecule has 0 amide bonds. The molecule has 0 aliphatic rings. The van der Waals surface area contributed by atoms with E-state index >= 15 is 0 Å². The zero-order chi connectivity index (χ0) is 10.5. The van der Waals surface area contributed by atoms with E-state index in [0.717, 1.165) is 5.56 Å². The topological polar surface area (TPSA) is 37.8 Å². The highest BCUT2D eigenvalue weighted by Crippen LogP contribution is 2.05. The number of hydrogen-bond acceptors (Lipinski definition) is 3. The van der Waals surface area contributed by atoms with Crippen molar-refractivity contribution in [2.24, 2.45) is 0 Å². The molecule has 0 atom stereocenters. The molecule has 0 saturated carbocycles. The molecule has 2 rings (SSSR count). The maximum absolute atomic E-state index is 12.8. The Morgan fingerprint density at radius 2 is 1.93 bits per heavy atom. The van der Waals surface area contributed by atoms with Crippen molar-refractivity contribution in [1.82, 2.24) is 9.97 Å². The van der Waals surface area contributed by atoms with Gasteiger partial charge in [0.2, 0.25) is 5.95 Å². The van der Waals surface area contributed by atoms with E-state index in [9.17, 15) is 4.39 Å². The fraction of sp³-hybridized carbons (Fsp3) is 0.0909. The molecule has 2 aromatic rings. The van der Waals surface area contributed by atoms with Gasteiger partial charge < -0.3 is 5.32 Å². The first kappa shape index (κ1) is 9.58. The minimum atomic E-state index is -0.233. The third-order valence-corrected chi connectivity index (χ3v) is 1.91. The number of nitrogens with zero attached hydrogens (tertiary/aromatic N) is 2. The average molecular weight is 203 g/mol. The number of hydrogen-bond donors (Lipinski definition) is 1. The van der Waals surface area contributed by atoms with Crippen LogP contribution in [0.1, 0.15) is 5.56 Å². The summed E-state index contributed by atoms with van der Waals surface area (Å²) in [5.74, 6) is 0.310. The average Bonchev–Trinajstić information content (AvgIpc) is 2.28. The second-order valence-electron chi connectivity index (χ2n) is 3.06. The summed E-state index contributed by atoms with van der Waals surface area (Å²) in [5, 5.41) is 3.00. The highest BCUT2D eigenvalue weighted by Gasteiger charge is 1.96. The van der Waals surface area contributed by atoms with E-state index in [1.807, 2.05) is 6.07 Å². The van der Waals surface area contributed by atoms with E-state index in [1.165, 1.54) is 12.1 Å². The molecule has 0 aliphatic carbocycles. The molecular weight excluding hydrogens is 193 g/mol. The molecule has 0 radical (unpaired) electrons. The minimum Gasteiger partial charge on any atom is -0.350 e. The quantitative estimate of drug-likeness (QED) is 0.831. The first-order valence-electron chi connectivity index (χ1n) is 4.60. The van der Waals surface area contributed by atoms with Crippen molar-refractivity contribution in [2.45, 2.75) is 6.54 Å². The number of anilines is 1. The van der Waals surface area contributed by atoms with Crippen molar-refractivity contribution in [3.8, 4) is 0 Å². The Balaban J connectivity index is 1.99. The van der Waals surface area contributed by atoms with Crippen molar-refractivity contribution in [1.29, 1.82) is 0 Å². The monoisotopic (exact) mass is 203 g/mol. The molecule has 1 aromatic heterocycles. The molecule has 1 N–H and O–H groups in total. The molecular formula is C11H10FN3. The molecule has 0 bridgehead atoms. The van der Waals surface area contributed by atoms with Crippen LogP contribution in [-0.2, 0) is 6.54 Å². The number of halogens is 1. The summed E-state index contributed by atoms with van der Waals surface area (Å²) in [6.45, 7) is 0.516. The molecule has 76 valence electrons. The molecule has 0 spiro atoms. The standard InChI is InChI=1S/C11H10FN3/c12-10-4-1-3-9(7-10)8-15-11-13-5-2-6-14-11/h1-7H,8H2,(H,13,14,15). The Labute approximate surface area is 87.0 Å². The molecule has 15 heavy (non-hydrogen) atoms. The Morgan fingerprint density at radius 3 is 2.67 bits per heavy atom. The zero-order valence-corrected chi connectivity index (χ0v) is 8.02. The summed E-state index contributed by atoms with van der Waals surface area (Å²) >= 11 is 0. The lowest BCUT2D eigenvalue weighted by Gasteiger charge is -2.03. The van der Waals surface area contributed by atoms with Crippen molar-refractivity contribution < 1.29 is 4.39 Å². The van der Waals surface area contributed by atoms with Gasteiger partial charge in [-0.3, -0.25) is 0 Å². The van der Waals surface area contributed by atoms with Gasteiger partial charge in [-0.05, 0) is 23.8 Å². The van der Waals surface area contributed by atoms with Crippen LogP contribution in [0.3, 0.4) is 0 Å². The summed E-state index contributed by atoms with van der Waals surface area (Å²) in [5.41, 5.74) is 0.863. The fourth-order valence-corrected chi connectivity index (χ4v) is 1.22. The SMILES string of the molecule is Fc1cccc(CNc2ncccn2)c1. The van der Waals surface area contributed by atoms with Crippen LogP contribution in [0.15, 0.2) is 42.7 Å². The zero-order valence-electron chi connectivity index (χ0n) is 8.02. The predicted octanol–water partition coefficient (Wildman–Crippen LogP) is 2.23. The van der Waals surface area contributed by atoms with Crippen molar-refractivity contribution in [3.05, 3.63) is 54.1 Å². The Bertz CT molecular complexity index is 431. The molecule has 1 aromatic carbocycles. The van der Waals surface area contributed by atoms with Gasteiger partial charge in [0.05, 0.1) is 0 Å². The van der Waals surface area contributed by atoms with Crippen LogP contribution in [0.4, 0.5) is 10.3 Å². The van der Waals surface area contributed by atoms with Crippen molar-refractivity contribution in [2.75, 3.05) is 5.32 Å². The third-order valence-electron chi connectivity index (χ3n) is 1.91. The molecule has 0 unspecified atom stereocenters. The molecule has 0 saturated heterocycles. The summed E-state index contributed by atoms with van der Waals surface area (Å²) in [4.78, 5) is 8.00. The van der Waals surface area contributed by atoms with Crippen LogP contribution in [0.2, 0.25) is 0 Å². The molecule has 0 aliphatic heterocycles. The van der Waals surface area contributed by atoms with E-state index in [1.54, 1.807) is 24.5 Å². The Hall–Kier alpha value is -1.97. The first-order valence-corrected chi connectivity index (χ1v) is 4.60. The van der Waals surface area contributed by atoms with Crippen molar-refractivity contribution >= 4 is 5.95 Å². The van der Waals surface area contributed by atoms with Gasteiger partial charge in [0.15, 0.2) is 0 Å². The van der Waals surface area contributed by atoms with Crippen LogP contribution >= 0.6 is 0 Å². The molecule has 3 nitrogen and oxygen atoms in total. The second-order valence-corrected chi connectivity index (χ2v) is 3.06. The minimum absolute atomic E-state index is 0.233. The van der Waals surface area contributed by atoms with Gasteiger partial charge in [0.25, 0.3) is 0 Å². The van der Waals surface area contributed by atoms with Crippen LogP contribution in [0, 0.1) is 5.82 Å². The van der Waals surface area contributed by atoms with E-state index < -0.39 is 0 Å². The van der Waals surface area contributed by atoms with Gasteiger partial charge in [-0.1, -0.05) is 12.1 Å².